The van der Waals surface area contributed by atoms with E-state index >= 15 is 0 Å². The highest BCUT2D eigenvalue weighted by atomic mass is 16.2. The minimum absolute atomic E-state index is 0.0148. The fourth-order valence-corrected chi connectivity index (χ4v) is 3.27. The lowest BCUT2D eigenvalue weighted by Crippen LogP contribution is -2.40. The number of imidazole rings is 1. The smallest absolute Gasteiger partial charge is 0.259 e. The molecule has 3 aromatic rings. The van der Waals surface area contributed by atoms with Gasteiger partial charge in [0.25, 0.3) is 5.91 Å². The Morgan fingerprint density at radius 1 is 1.30 bits per heavy atom. The van der Waals surface area contributed by atoms with Gasteiger partial charge in [-0.15, -0.1) is 0 Å². The van der Waals surface area contributed by atoms with Crippen molar-refractivity contribution >= 4 is 11.6 Å². The average molecular weight is 310 g/mol. The molecule has 3 aromatic heterocycles. The first-order valence-corrected chi connectivity index (χ1v) is 7.80. The first kappa shape index (κ1) is 13.9. The highest BCUT2D eigenvalue weighted by molar-refractivity contribution is 6.01. The molecular formula is C16H18N6O. The number of aromatic nitrogens is 5. The molecule has 1 aliphatic heterocycles. The highest BCUT2D eigenvalue weighted by Crippen LogP contribution is 2.24. The Morgan fingerprint density at radius 3 is 3.04 bits per heavy atom. The molecule has 0 radical (unpaired) electrons. The molecule has 7 nitrogen and oxygen atoms in total. The van der Waals surface area contributed by atoms with Crippen molar-refractivity contribution in [1.82, 2.24) is 29.0 Å². The van der Waals surface area contributed by atoms with Crippen LogP contribution in [0.2, 0.25) is 0 Å². The van der Waals surface area contributed by atoms with Crippen molar-refractivity contribution in [2.45, 2.75) is 25.8 Å². The molecule has 0 aromatic carbocycles. The van der Waals surface area contributed by atoms with Gasteiger partial charge in [0, 0.05) is 37.9 Å². The molecule has 118 valence electrons. The maximum absolute atomic E-state index is 13.0. The Bertz CT molecular complexity index is 838. The van der Waals surface area contributed by atoms with E-state index in [0.717, 1.165) is 25.1 Å². The van der Waals surface area contributed by atoms with Gasteiger partial charge >= 0.3 is 0 Å². The predicted octanol–water partition coefficient (Wildman–Crippen LogP) is 1.71. The van der Waals surface area contributed by atoms with Gasteiger partial charge in [-0.2, -0.15) is 5.10 Å². The summed E-state index contributed by atoms with van der Waals surface area (Å²) in [6.07, 6.45) is 11.1. The van der Waals surface area contributed by atoms with Crippen molar-refractivity contribution in [3.63, 3.8) is 0 Å². The third-order valence-electron chi connectivity index (χ3n) is 4.41. The van der Waals surface area contributed by atoms with Crippen molar-refractivity contribution in [2.24, 2.45) is 0 Å². The fourth-order valence-electron chi connectivity index (χ4n) is 3.27. The number of fused-ring (bicyclic) bond motifs is 1. The van der Waals surface area contributed by atoms with Crippen molar-refractivity contribution in [2.75, 3.05) is 13.1 Å². The summed E-state index contributed by atoms with van der Waals surface area (Å²) in [6.45, 7) is 3.33. The first-order valence-electron chi connectivity index (χ1n) is 7.80. The van der Waals surface area contributed by atoms with Crippen LogP contribution in [0, 0.1) is 6.92 Å². The van der Waals surface area contributed by atoms with Gasteiger partial charge in [-0.3, -0.25) is 4.79 Å². The molecule has 1 fully saturated rings. The van der Waals surface area contributed by atoms with Crippen LogP contribution >= 0.6 is 0 Å². The van der Waals surface area contributed by atoms with Crippen LogP contribution in [0.25, 0.3) is 5.65 Å². The Morgan fingerprint density at radius 2 is 2.22 bits per heavy atom. The lowest BCUT2D eigenvalue weighted by molar-refractivity contribution is 0.0680. The molecule has 0 spiro atoms. The number of carbonyl (C=O) groups excluding carboxylic acids is 1. The van der Waals surface area contributed by atoms with E-state index < -0.39 is 0 Å². The van der Waals surface area contributed by atoms with E-state index in [-0.39, 0.29) is 11.9 Å². The number of hydrogen-bond acceptors (Lipinski definition) is 4. The first-order chi connectivity index (χ1) is 11.2. The zero-order valence-corrected chi connectivity index (χ0v) is 13.0. The van der Waals surface area contributed by atoms with E-state index in [1.807, 2.05) is 36.6 Å². The molecule has 0 bridgehead atoms. The van der Waals surface area contributed by atoms with Gasteiger partial charge in [0.1, 0.15) is 5.56 Å². The Kier molecular flexibility index (Phi) is 3.33. The van der Waals surface area contributed by atoms with E-state index in [4.69, 9.17) is 0 Å². The Labute approximate surface area is 133 Å². The van der Waals surface area contributed by atoms with Crippen molar-refractivity contribution in [3.8, 4) is 0 Å². The zero-order valence-electron chi connectivity index (χ0n) is 13.0. The van der Waals surface area contributed by atoms with E-state index in [1.165, 1.54) is 0 Å². The third kappa shape index (κ3) is 2.38. The summed E-state index contributed by atoms with van der Waals surface area (Å²) in [5.74, 6) is 0.0148. The fraction of sp³-hybridized carbons (Fsp3) is 0.375. The van der Waals surface area contributed by atoms with E-state index in [9.17, 15) is 4.79 Å². The predicted molar refractivity (Wildman–Crippen MR) is 84.1 cm³/mol. The number of aryl methyl sites for hydroxylation is 1. The van der Waals surface area contributed by atoms with Gasteiger partial charge in [-0.05, 0) is 25.8 Å². The lowest BCUT2D eigenvalue weighted by atomic mass is 10.0. The Hall–Kier alpha value is -2.70. The number of piperidine rings is 1. The van der Waals surface area contributed by atoms with Crippen LogP contribution in [0.3, 0.4) is 0 Å². The van der Waals surface area contributed by atoms with Crippen LogP contribution < -0.4 is 0 Å². The van der Waals surface area contributed by atoms with Crippen LogP contribution in [-0.4, -0.2) is 48.0 Å². The van der Waals surface area contributed by atoms with Crippen LogP contribution in [0.5, 0.6) is 0 Å². The van der Waals surface area contributed by atoms with Gasteiger partial charge in [0.15, 0.2) is 5.65 Å². The SMILES string of the molecule is Cc1nn2cccnc2c1C(=O)N1CCC[C@H](n2ccnc2)C1. The van der Waals surface area contributed by atoms with Crippen LogP contribution in [-0.2, 0) is 0 Å². The minimum Gasteiger partial charge on any atom is -0.336 e. The summed E-state index contributed by atoms with van der Waals surface area (Å²) in [5.41, 5.74) is 1.95. The van der Waals surface area contributed by atoms with Crippen molar-refractivity contribution in [3.05, 3.63) is 48.4 Å². The van der Waals surface area contributed by atoms with Crippen LogP contribution in [0.4, 0.5) is 0 Å². The molecular weight excluding hydrogens is 292 g/mol. The minimum atomic E-state index is 0.0148. The topological polar surface area (TPSA) is 68.3 Å². The van der Waals surface area contributed by atoms with Gasteiger partial charge in [-0.1, -0.05) is 0 Å². The maximum atomic E-state index is 13.0. The molecule has 0 saturated carbocycles. The van der Waals surface area contributed by atoms with Crippen molar-refractivity contribution in [1.29, 1.82) is 0 Å². The lowest BCUT2D eigenvalue weighted by Gasteiger charge is -2.33. The quantitative estimate of drug-likeness (QED) is 0.722. The molecule has 0 unspecified atom stereocenters. The summed E-state index contributed by atoms with van der Waals surface area (Å²) in [7, 11) is 0. The summed E-state index contributed by atoms with van der Waals surface area (Å²) in [6, 6.07) is 2.09. The molecule has 1 atom stereocenters. The van der Waals surface area contributed by atoms with Crippen LogP contribution in [0.1, 0.15) is 34.9 Å². The monoisotopic (exact) mass is 310 g/mol. The number of carbonyl (C=O) groups is 1. The number of rotatable bonds is 2. The summed E-state index contributed by atoms with van der Waals surface area (Å²) < 4.78 is 3.75. The molecule has 1 saturated heterocycles. The molecule has 23 heavy (non-hydrogen) atoms. The zero-order chi connectivity index (χ0) is 15.8. The van der Waals surface area contributed by atoms with Gasteiger partial charge in [-0.25, -0.2) is 14.5 Å². The van der Waals surface area contributed by atoms with E-state index in [1.54, 1.807) is 16.9 Å². The molecule has 1 amide bonds. The Balaban J connectivity index is 1.64. The largest absolute Gasteiger partial charge is 0.336 e. The molecule has 7 heteroatoms. The number of amides is 1. The molecule has 1 aliphatic rings. The summed E-state index contributed by atoms with van der Waals surface area (Å²) >= 11 is 0. The normalized spacial score (nSPS) is 18.5. The maximum Gasteiger partial charge on any atom is 0.259 e. The van der Waals surface area contributed by atoms with Gasteiger partial charge in [0.2, 0.25) is 0 Å². The van der Waals surface area contributed by atoms with E-state index in [2.05, 4.69) is 19.6 Å². The van der Waals surface area contributed by atoms with Crippen LogP contribution in [0.15, 0.2) is 37.2 Å². The molecule has 0 aliphatic carbocycles. The van der Waals surface area contributed by atoms with Crippen molar-refractivity contribution < 1.29 is 4.79 Å². The number of likely N-dealkylation sites (tertiary alicyclic amines) is 1. The standard InChI is InChI=1S/C16H18N6O/c1-12-14(15-18-5-3-8-22(15)19-12)16(23)20-7-2-4-13(10-20)21-9-6-17-11-21/h3,5-6,8-9,11,13H,2,4,7,10H2,1H3/t13-/m0/s1. The number of hydrogen-bond donors (Lipinski definition) is 0. The second kappa shape index (κ2) is 5.49. The second-order valence-corrected chi connectivity index (χ2v) is 5.91. The summed E-state index contributed by atoms with van der Waals surface area (Å²) in [5, 5.41) is 4.39. The highest BCUT2D eigenvalue weighted by Gasteiger charge is 2.28. The van der Waals surface area contributed by atoms with Gasteiger partial charge in [0.05, 0.1) is 18.1 Å². The van der Waals surface area contributed by atoms with Gasteiger partial charge < -0.3 is 9.47 Å². The average Bonchev–Trinajstić information content (AvgIpc) is 3.21. The summed E-state index contributed by atoms with van der Waals surface area (Å²) in [4.78, 5) is 23.4. The van der Waals surface area contributed by atoms with E-state index in [0.29, 0.717) is 17.8 Å². The third-order valence-corrected chi connectivity index (χ3v) is 4.41. The molecule has 4 rings (SSSR count). The molecule has 0 N–H and O–H groups in total. The molecule has 4 heterocycles. The number of nitrogens with zero attached hydrogens (tertiary/aromatic N) is 6. The second-order valence-electron chi connectivity index (χ2n) is 5.91.